The smallest absolute Gasteiger partial charge is 0.221 e. The molecular formula is C25H28FN5O2S. The average molecular weight is 482 g/mol. The topological polar surface area (TPSA) is 71.3 Å². The van der Waals surface area contributed by atoms with Crippen LogP contribution in [0.15, 0.2) is 61.2 Å². The molecule has 9 heteroatoms. The van der Waals surface area contributed by atoms with Crippen molar-refractivity contribution in [1.82, 2.24) is 19.1 Å². The first kappa shape index (κ1) is 21.7. The number of hydrogen-bond acceptors (Lipinski definition) is 5. The van der Waals surface area contributed by atoms with E-state index in [4.69, 9.17) is 0 Å². The lowest BCUT2D eigenvalue weighted by molar-refractivity contribution is 0.281. The van der Waals surface area contributed by atoms with E-state index in [-0.39, 0.29) is 18.4 Å². The standard InChI is InChI=1S/C25H28FN5O2S/c1-17-7-10-24(19-5-3-2-4-6-19)34(32,33)31(17)12-18-8-9-23(22(26)11-18)29-13-20-21(14-29)25(20)30-15-27-28-16-30/h2-6,8-9,11,15-17,20-21,24-25H,7,10,12-14H2,1H3/t17-,20-,21+,24+,25?/m0/s1. The molecule has 7 nitrogen and oxygen atoms in total. The Morgan fingerprint density at radius 2 is 1.71 bits per heavy atom. The van der Waals surface area contributed by atoms with Crippen molar-refractivity contribution >= 4 is 15.7 Å². The van der Waals surface area contributed by atoms with Crippen LogP contribution in [0.3, 0.4) is 0 Å². The maximum atomic E-state index is 15.2. The molecule has 5 atom stereocenters. The number of benzene rings is 2. The molecule has 2 aromatic carbocycles. The third-order valence-corrected chi connectivity index (χ3v) is 10.2. The minimum atomic E-state index is -3.54. The third-order valence-electron chi connectivity index (χ3n) is 7.82. The molecule has 3 aliphatic rings. The first-order valence-corrected chi connectivity index (χ1v) is 13.4. The zero-order valence-electron chi connectivity index (χ0n) is 19.0. The summed E-state index contributed by atoms with van der Waals surface area (Å²) in [6.07, 6.45) is 4.88. The normalized spacial score (nSPS) is 30.3. The molecular weight excluding hydrogens is 453 g/mol. The zero-order chi connectivity index (χ0) is 23.4. The van der Waals surface area contributed by atoms with E-state index < -0.39 is 15.3 Å². The van der Waals surface area contributed by atoms with E-state index in [0.29, 0.717) is 35.5 Å². The summed E-state index contributed by atoms with van der Waals surface area (Å²) in [5.41, 5.74) is 2.09. The SMILES string of the molecule is C[C@H]1CC[C@H](c2ccccc2)S(=O)(=O)N1Cc1ccc(N2C[C@@H]3C(n4cnnc4)[C@@H]3C2)c(F)c1. The monoisotopic (exact) mass is 481 g/mol. The molecule has 0 spiro atoms. The zero-order valence-corrected chi connectivity index (χ0v) is 19.9. The third kappa shape index (κ3) is 3.62. The van der Waals surface area contributed by atoms with Gasteiger partial charge in [-0.25, -0.2) is 12.8 Å². The number of sulfonamides is 1. The Hall–Kier alpha value is -2.78. The summed E-state index contributed by atoms with van der Waals surface area (Å²) >= 11 is 0. The van der Waals surface area contributed by atoms with E-state index >= 15 is 4.39 Å². The Kier molecular flexibility index (Phi) is 5.22. The number of nitrogens with zero attached hydrogens (tertiary/aromatic N) is 5. The molecule has 0 bridgehead atoms. The number of halogens is 1. The van der Waals surface area contributed by atoms with Gasteiger partial charge in [0.05, 0.1) is 5.69 Å². The highest BCUT2D eigenvalue weighted by Crippen LogP contribution is 2.55. The highest BCUT2D eigenvalue weighted by molar-refractivity contribution is 7.89. The number of piperidine rings is 1. The van der Waals surface area contributed by atoms with Crippen LogP contribution in [0.2, 0.25) is 0 Å². The van der Waals surface area contributed by atoms with Gasteiger partial charge in [0, 0.05) is 43.6 Å². The van der Waals surface area contributed by atoms with Gasteiger partial charge in [0.15, 0.2) is 0 Å². The molecule has 1 aromatic heterocycles. The fourth-order valence-electron chi connectivity index (χ4n) is 5.93. The Morgan fingerprint density at radius 3 is 2.38 bits per heavy atom. The van der Waals surface area contributed by atoms with Crippen molar-refractivity contribution in [3.05, 3.63) is 78.1 Å². The quantitative estimate of drug-likeness (QED) is 0.555. The molecule has 1 saturated carbocycles. The van der Waals surface area contributed by atoms with Gasteiger partial charge in [0.25, 0.3) is 0 Å². The second kappa shape index (κ2) is 8.16. The first-order valence-electron chi connectivity index (χ1n) is 11.9. The summed E-state index contributed by atoms with van der Waals surface area (Å²) in [6.45, 7) is 3.73. The second-order valence-corrected chi connectivity index (χ2v) is 11.9. The van der Waals surface area contributed by atoms with E-state index in [1.807, 2.05) is 43.3 Å². The minimum Gasteiger partial charge on any atom is -0.368 e. The van der Waals surface area contributed by atoms with Gasteiger partial charge >= 0.3 is 0 Å². The van der Waals surface area contributed by atoms with Gasteiger partial charge in [-0.3, -0.25) is 0 Å². The Morgan fingerprint density at radius 1 is 1.00 bits per heavy atom. The fraction of sp³-hybridized carbons (Fsp3) is 0.440. The van der Waals surface area contributed by atoms with E-state index in [1.54, 1.807) is 23.0 Å². The molecule has 1 unspecified atom stereocenters. The molecule has 3 heterocycles. The number of fused-ring (bicyclic) bond motifs is 1. The van der Waals surface area contributed by atoms with Gasteiger partial charge in [0.1, 0.15) is 23.7 Å². The molecule has 3 aromatic rings. The van der Waals surface area contributed by atoms with Crippen LogP contribution in [0.4, 0.5) is 10.1 Å². The summed E-state index contributed by atoms with van der Waals surface area (Å²) in [7, 11) is -3.54. The van der Waals surface area contributed by atoms with Gasteiger partial charge in [-0.2, -0.15) is 4.31 Å². The van der Waals surface area contributed by atoms with Crippen molar-refractivity contribution in [3.63, 3.8) is 0 Å². The van der Waals surface area contributed by atoms with Crippen LogP contribution in [0.5, 0.6) is 0 Å². The Labute approximate surface area is 199 Å². The van der Waals surface area contributed by atoms with E-state index in [9.17, 15) is 8.42 Å². The summed E-state index contributed by atoms with van der Waals surface area (Å²) in [5.74, 6) is 0.690. The first-order chi connectivity index (χ1) is 16.4. The molecule has 178 valence electrons. The molecule has 2 aliphatic heterocycles. The van der Waals surface area contributed by atoms with Gasteiger partial charge < -0.3 is 9.47 Å². The number of hydrogen-bond donors (Lipinski definition) is 0. The molecule has 3 fully saturated rings. The minimum absolute atomic E-state index is 0.118. The maximum absolute atomic E-state index is 15.2. The number of anilines is 1. The second-order valence-electron chi connectivity index (χ2n) is 9.83. The van der Waals surface area contributed by atoms with Crippen LogP contribution >= 0.6 is 0 Å². The van der Waals surface area contributed by atoms with Crippen molar-refractivity contribution in [2.45, 2.75) is 43.6 Å². The number of aromatic nitrogens is 3. The lowest BCUT2D eigenvalue weighted by Crippen LogP contribution is -2.44. The maximum Gasteiger partial charge on any atom is 0.221 e. The Bertz CT molecular complexity index is 1270. The van der Waals surface area contributed by atoms with Gasteiger partial charge in [0.2, 0.25) is 10.0 Å². The molecule has 1 aliphatic carbocycles. The summed E-state index contributed by atoms with van der Waals surface area (Å²) < 4.78 is 45.7. The fourth-order valence-corrected chi connectivity index (χ4v) is 8.13. The van der Waals surface area contributed by atoms with E-state index in [1.165, 1.54) is 6.07 Å². The van der Waals surface area contributed by atoms with Crippen LogP contribution in [0.25, 0.3) is 0 Å². The Balaban J connectivity index is 1.17. The molecule has 6 rings (SSSR count). The lowest BCUT2D eigenvalue weighted by atomic mass is 10.0. The van der Waals surface area contributed by atoms with Crippen LogP contribution < -0.4 is 4.90 Å². The van der Waals surface area contributed by atoms with Gasteiger partial charge in [-0.15, -0.1) is 10.2 Å². The van der Waals surface area contributed by atoms with Crippen molar-refractivity contribution in [1.29, 1.82) is 0 Å². The highest BCUT2D eigenvalue weighted by Gasteiger charge is 2.57. The van der Waals surface area contributed by atoms with Crippen LogP contribution in [0.1, 0.15) is 42.2 Å². The highest BCUT2D eigenvalue weighted by atomic mass is 32.2. The number of rotatable bonds is 5. The van der Waals surface area contributed by atoms with Gasteiger partial charge in [-0.1, -0.05) is 36.4 Å². The molecule has 0 radical (unpaired) electrons. The van der Waals surface area contributed by atoms with Crippen molar-refractivity contribution in [3.8, 4) is 0 Å². The molecule has 34 heavy (non-hydrogen) atoms. The summed E-state index contributed by atoms with van der Waals surface area (Å²) in [5, 5.41) is 7.23. The molecule has 0 amide bonds. The van der Waals surface area contributed by atoms with Crippen LogP contribution in [0, 0.1) is 17.7 Å². The van der Waals surface area contributed by atoms with E-state index in [0.717, 1.165) is 25.1 Å². The van der Waals surface area contributed by atoms with Crippen molar-refractivity contribution in [2.24, 2.45) is 11.8 Å². The largest absolute Gasteiger partial charge is 0.368 e. The summed E-state index contributed by atoms with van der Waals surface area (Å²) in [4.78, 5) is 2.10. The van der Waals surface area contributed by atoms with Crippen molar-refractivity contribution < 1.29 is 12.8 Å². The predicted molar refractivity (Wildman–Crippen MR) is 127 cm³/mol. The van der Waals surface area contributed by atoms with Crippen LogP contribution in [-0.2, 0) is 16.6 Å². The average Bonchev–Trinajstić information content (AvgIpc) is 3.19. The summed E-state index contributed by atoms with van der Waals surface area (Å²) in [6, 6.07) is 14.9. The lowest BCUT2D eigenvalue weighted by Gasteiger charge is -2.37. The predicted octanol–water partition coefficient (Wildman–Crippen LogP) is 3.78. The molecule has 0 N–H and O–H groups in total. The molecule has 2 saturated heterocycles. The van der Waals surface area contributed by atoms with Crippen molar-refractivity contribution in [2.75, 3.05) is 18.0 Å². The van der Waals surface area contributed by atoms with Crippen LogP contribution in [-0.4, -0.2) is 46.6 Å². The van der Waals surface area contributed by atoms with E-state index in [2.05, 4.69) is 19.7 Å². The van der Waals surface area contributed by atoms with Gasteiger partial charge in [-0.05, 0) is 43.0 Å².